The molecule has 2 N–H and O–H groups in total. The van der Waals surface area contributed by atoms with Crippen LogP contribution in [-0.4, -0.2) is 23.3 Å². The Labute approximate surface area is 209 Å². The second kappa shape index (κ2) is 11.0. The SMILES string of the molecule is C=COC(=C)CNC(=O)c1ccc(-c2cc(CCc3ccc(F)cc3)nc3c2C(=O)NC3CC)cc1. The molecule has 1 atom stereocenters. The normalized spacial score (nSPS) is 14.1. The predicted octanol–water partition coefficient (Wildman–Crippen LogP) is 5.27. The number of hydrogen-bond donors (Lipinski definition) is 2. The number of aromatic nitrogens is 1. The Morgan fingerprint density at radius 3 is 2.56 bits per heavy atom. The minimum absolute atomic E-state index is 0.145. The quantitative estimate of drug-likeness (QED) is 0.384. The second-order valence-electron chi connectivity index (χ2n) is 8.57. The van der Waals surface area contributed by atoms with Gasteiger partial charge in [-0.3, -0.25) is 14.6 Å². The zero-order valence-corrected chi connectivity index (χ0v) is 20.1. The van der Waals surface area contributed by atoms with Gasteiger partial charge in [0, 0.05) is 11.3 Å². The minimum Gasteiger partial charge on any atom is -0.469 e. The zero-order chi connectivity index (χ0) is 25.7. The molecule has 2 amide bonds. The zero-order valence-electron chi connectivity index (χ0n) is 20.1. The molecule has 0 saturated heterocycles. The Balaban J connectivity index is 1.60. The molecule has 0 saturated carbocycles. The molecule has 0 radical (unpaired) electrons. The molecule has 0 spiro atoms. The third kappa shape index (κ3) is 5.51. The number of ether oxygens (including phenoxy) is 1. The fourth-order valence-corrected chi connectivity index (χ4v) is 4.23. The summed E-state index contributed by atoms with van der Waals surface area (Å²) in [5.41, 5.74) is 5.26. The van der Waals surface area contributed by atoms with Crippen LogP contribution in [0.2, 0.25) is 0 Å². The van der Waals surface area contributed by atoms with Crippen molar-refractivity contribution in [1.82, 2.24) is 15.6 Å². The Morgan fingerprint density at radius 1 is 1.17 bits per heavy atom. The number of pyridine rings is 1. The van der Waals surface area contributed by atoms with Crippen LogP contribution in [-0.2, 0) is 17.6 Å². The van der Waals surface area contributed by atoms with Gasteiger partial charge < -0.3 is 15.4 Å². The highest BCUT2D eigenvalue weighted by Crippen LogP contribution is 2.35. The molecule has 1 aromatic heterocycles. The number of aryl methyl sites for hydroxylation is 2. The van der Waals surface area contributed by atoms with Crippen molar-refractivity contribution < 1.29 is 18.7 Å². The number of carbonyl (C=O) groups excluding carboxylic acids is 2. The molecule has 2 aromatic carbocycles. The van der Waals surface area contributed by atoms with Crippen molar-refractivity contribution in [3.63, 3.8) is 0 Å². The predicted molar refractivity (Wildman–Crippen MR) is 137 cm³/mol. The van der Waals surface area contributed by atoms with E-state index >= 15 is 0 Å². The van der Waals surface area contributed by atoms with Crippen LogP contribution in [0.25, 0.3) is 11.1 Å². The first kappa shape index (κ1) is 24.9. The van der Waals surface area contributed by atoms with Crippen molar-refractivity contribution in [2.45, 2.75) is 32.2 Å². The molecule has 1 unspecified atom stereocenters. The van der Waals surface area contributed by atoms with E-state index in [-0.39, 0.29) is 30.2 Å². The molecule has 4 rings (SSSR count). The molecule has 0 bridgehead atoms. The molecular formula is C29H28FN3O3. The van der Waals surface area contributed by atoms with Crippen LogP contribution in [0.4, 0.5) is 4.39 Å². The maximum Gasteiger partial charge on any atom is 0.254 e. The Morgan fingerprint density at radius 2 is 1.89 bits per heavy atom. The molecule has 7 heteroatoms. The number of hydrogen-bond acceptors (Lipinski definition) is 4. The first-order valence-corrected chi connectivity index (χ1v) is 11.8. The Bertz CT molecular complexity index is 1300. The van der Waals surface area contributed by atoms with E-state index in [0.717, 1.165) is 34.5 Å². The molecule has 0 aliphatic carbocycles. The van der Waals surface area contributed by atoms with E-state index < -0.39 is 0 Å². The number of amides is 2. The van der Waals surface area contributed by atoms with Crippen LogP contribution < -0.4 is 10.6 Å². The van der Waals surface area contributed by atoms with Crippen molar-refractivity contribution >= 4 is 11.8 Å². The molecule has 1 aliphatic rings. The molecule has 0 fully saturated rings. The number of nitrogens with zero attached hydrogens (tertiary/aromatic N) is 1. The van der Waals surface area contributed by atoms with E-state index in [1.165, 1.54) is 18.4 Å². The molecule has 6 nitrogen and oxygen atoms in total. The smallest absolute Gasteiger partial charge is 0.254 e. The lowest BCUT2D eigenvalue weighted by Crippen LogP contribution is -2.25. The molecule has 184 valence electrons. The molecule has 1 aliphatic heterocycles. The fraction of sp³-hybridized carbons (Fsp3) is 0.207. The maximum absolute atomic E-state index is 13.3. The highest BCUT2D eigenvalue weighted by molar-refractivity contribution is 6.05. The van der Waals surface area contributed by atoms with E-state index in [9.17, 15) is 14.0 Å². The summed E-state index contributed by atoms with van der Waals surface area (Å²) < 4.78 is 18.3. The maximum atomic E-state index is 13.3. The Hall–Kier alpha value is -4.26. The van der Waals surface area contributed by atoms with Crippen molar-refractivity contribution in [3.05, 3.63) is 114 Å². The molecule has 2 heterocycles. The van der Waals surface area contributed by atoms with Gasteiger partial charge in [0.1, 0.15) is 11.6 Å². The number of nitrogens with one attached hydrogen (secondary N) is 2. The van der Waals surface area contributed by atoms with E-state index in [4.69, 9.17) is 9.72 Å². The molecule has 36 heavy (non-hydrogen) atoms. The van der Waals surface area contributed by atoms with Crippen molar-refractivity contribution in [2.75, 3.05) is 6.54 Å². The van der Waals surface area contributed by atoms with Crippen LogP contribution in [0.1, 0.15) is 57.1 Å². The van der Waals surface area contributed by atoms with Gasteiger partial charge in [-0.15, -0.1) is 0 Å². The number of fused-ring (bicyclic) bond motifs is 1. The van der Waals surface area contributed by atoms with E-state index in [0.29, 0.717) is 29.7 Å². The summed E-state index contributed by atoms with van der Waals surface area (Å²) in [6, 6.07) is 15.3. The second-order valence-corrected chi connectivity index (χ2v) is 8.57. The van der Waals surface area contributed by atoms with Crippen molar-refractivity contribution in [3.8, 4) is 11.1 Å². The summed E-state index contributed by atoms with van der Waals surface area (Å²) in [4.78, 5) is 30.2. The number of halogens is 1. The van der Waals surface area contributed by atoms with E-state index in [1.807, 2.05) is 25.1 Å². The third-order valence-electron chi connectivity index (χ3n) is 6.11. The topological polar surface area (TPSA) is 80.3 Å². The van der Waals surface area contributed by atoms with Gasteiger partial charge in [0.25, 0.3) is 11.8 Å². The monoisotopic (exact) mass is 485 g/mol. The van der Waals surface area contributed by atoms with Crippen LogP contribution in [0.5, 0.6) is 0 Å². The third-order valence-corrected chi connectivity index (χ3v) is 6.11. The summed E-state index contributed by atoms with van der Waals surface area (Å²) in [5, 5.41) is 5.76. The average Bonchev–Trinajstić information content (AvgIpc) is 3.22. The van der Waals surface area contributed by atoms with Gasteiger partial charge >= 0.3 is 0 Å². The van der Waals surface area contributed by atoms with E-state index in [2.05, 4.69) is 23.8 Å². The van der Waals surface area contributed by atoms with Crippen LogP contribution in [0.15, 0.2) is 79.8 Å². The van der Waals surface area contributed by atoms with Crippen LogP contribution in [0, 0.1) is 5.82 Å². The van der Waals surface area contributed by atoms with Crippen LogP contribution >= 0.6 is 0 Å². The van der Waals surface area contributed by atoms with E-state index in [1.54, 1.807) is 24.3 Å². The standard InChI is InChI=1S/C29H28FN3O3/c1-4-25-27-26(29(35)33-25)24(16-23(32-27)15-8-19-6-13-22(30)14-7-19)20-9-11-21(12-10-20)28(34)31-17-18(3)36-5-2/h5-7,9-14,16,25H,2-4,8,15,17H2,1H3,(H,31,34)(H,33,35). The summed E-state index contributed by atoms with van der Waals surface area (Å²) in [5.74, 6) is -0.294. The van der Waals surface area contributed by atoms with Gasteiger partial charge in [-0.05, 0) is 66.3 Å². The van der Waals surface area contributed by atoms with Crippen molar-refractivity contribution in [2.24, 2.45) is 0 Å². The lowest BCUT2D eigenvalue weighted by Gasteiger charge is -2.13. The van der Waals surface area contributed by atoms with Gasteiger partial charge in [0.2, 0.25) is 0 Å². The largest absolute Gasteiger partial charge is 0.469 e. The van der Waals surface area contributed by atoms with Gasteiger partial charge in [-0.2, -0.15) is 0 Å². The van der Waals surface area contributed by atoms with Gasteiger partial charge in [0.05, 0.1) is 30.1 Å². The van der Waals surface area contributed by atoms with Gasteiger partial charge in [-0.1, -0.05) is 44.3 Å². The van der Waals surface area contributed by atoms with Gasteiger partial charge in [-0.25, -0.2) is 4.39 Å². The summed E-state index contributed by atoms with van der Waals surface area (Å²) in [6.45, 7) is 9.33. The molecule has 3 aromatic rings. The first-order chi connectivity index (χ1) is 17.4. The number of carbonyl (C=O) groups is 2. The summed E-state index contributed by atoms with van der Waals surface area (Å²) in [7, 11) is 0. The lowest BCUT2D eigenvalue weighted by atomic mass is 9.95. The number of rotatable bonds is 10. The molecular weight excluding hydrogens is 457 g/mol. The highest BCUT2D eigenvalue weighted by atomic mass is 19.1. The fourth-order valence-electron chi connectivity index (χ4n) is 4.23. The Kier molecular flexibility index (Phi) is 7.59. The highest BCUT2D eigenvalue weighted by Gasteiger charge is 2.32. The summed E-state index contributed by atoms with van der Waals surface area (Å²) >= 11 is 0. The lowest BCUT2D eigenvalue weighted by molar-refractivity contribution is 0.0945. The first-order valence-electron chi connectivity index (χ1n) is 11.8. The van der Waals surface area contributed by atoms with Crippen LogP contribution in [0.3, 0.4) is 0 Å². The average molecular weight is 486 g/mol. The van der Waals surface area contributed by atoms with Gasteiger partial charge in [0.15, 0.2) is 0 Å². The van der Waals surface area contributed by atoms with Crippen molar-refractivity contribution in [1.29, 1.82) is 0 Å². The minimum atomic E-state index is -0.265. The summed E-state index contributed by atoms with van der Waals surface area (Å²) in [6.07, 6.45) is 3.33. The number of benzene rings is 2.